The molecule has 1 heterocycles. The SMILES string of the molecule is NNc1ncc(Br)c(Oc2cccc([N+](=O)[O-])c2)n1. The maximum atomic E-state index is 10.7. The van der Waals surface area contributed by atoms with Gasteiger partial charge in [0.05, 0.1) is 21.7 Å². The summed E-state index contributed by atoms with van der Waals surface area (Å²) in [5.74, 6) is 5.85. The number of nitrogen functional groups attached to an aromatic ring is 1. The van der Waals surface area contributed by atoms with Crippen LogP contribution in [0.2, 0.25) is 0 Å². The molecule has 0 saturated carbocycles. The Morgan fingerprint density at radius 1 is 1.47 bits per heavy atom. The molecular formula is C10H8BrN5O3. The first-order valence-electron chi connectivity index (χ1n) is 5.01. The van der Waals surface area contributed by atoms with Crippen molar-refractivity contribution in [1.82, 2.24) is 9.97 Å². The fourth-order valence-corrected chi connectivity index (χ4v) is 1.54. The second-order valence-electron chi connectivity index (χ2n) is 3.35. The number of hydrogen-bond acceptors (Lipinski definition) is 7. The molecule has 98 valence electrons. The van der Waals surface area contributed by atoms with Crippen molar-refractivity contribution in [3.8, 4) is 11.6 Å². The van der Waals surface area contributed by atoms with Crippen LogP contribution in [0.1, 0.15) is 0 Å². The number of anilines is 1. The van der Waals surface area contributed by atoms with Gasteiger partial charge in [-0.25, -0.2) is 10.8 Å². The largest absolute Gasteiger partial charge is 0.437 e. The van der Waals surface area contributed by atoms with Crippen LogP contribution in [0.5, 0.6) is 11.6 Å². The van der Waals surface area contributed by atoms with Crippen LogP contribution < -0.4 is 16.0 Å². The molecule has 0 aliphatic rings. The van der Waals surface area contributed by atoms with Crippen LogP contribution in [0, 0.1) is 10.1 Å². The van der Waals surface area contributed by atoms with Crippen molar-refractivity contribution in [2.45, 2.75) is 0 Å². The van der Waals surface area contributed by atoms with Gasteiger partial charge in [-0.2, -0.15) is 4.98 Å². The second kappa shape index (κ2) is 5.59. The number of hydrazine groups is 1. The number of nitrogens with one attached hydrogen (secondary N) is 1. The molecule has 0 aliphatic carbocycles. The average Bonchev–Trinajstić information content (AvgIpc) is 2.41. The molecule has 9 heteroatoms. The van der Waals surface area contributed by atoms with E-state index in [0.717, 1.165) is 0 Å². The Morgan fingerprint density at radius 2 is 2.26 bits per heavy atom. The lowest BCUT2D eigenvalue weighted by Crippen LogP contribution is -2.10. The second-order valence-corrected chi connectivity index (χ2v) is 4.20. The van der Waals surface area contributed by atoms with Crippen LogP contribution in [0.25, 0.3) is 0 Å². The zero-order valence-corrected chi connectivity index (χ0v) is 11.0. The summed E-state index contributed by atoms with van der Waals surface area (Å²) in [6.07, 6.45) is 1.45. The Kier molecular flexibility index (Phi) is 3.88. The van der Waals surface area contributed by atoms with Crippen molar-refractivity contribution in [3.05, 3.63) is 45.0 Å². The molecule has 0 fully saturated rings. The van der Waals surface area contributed by atoms with Gasteiger partial charge in [0.25, 0.3) is 5.69 Å². The van der Waals surface area contributed by atoms with E-state index in [0.29, 0.717) is 4.47 Å². The monoisotopic (exact) mass is 325 g/mol. The number of halogens is 1. The third-order valence-electron chi connectivity index (χ3n) is 2.08. The fourth-order valence-electron chi connectivity index (χ4n) is 1.26. The Morgan fingerprint density at radius 3 is 2.95 bits per heavy atom. The molecule has 3 N–H and O–H groups in total. The van der Waals surface area contributed by atoms with Crippen molar-refractivity contribution in [1.29, 1.82) is 0 Å². The predicted octanol–water partition coefficient (Wildman–Crippen LogP) is 2.23. The highest BCUT2D eigenvalue weighted by molar-refractivity contribution is 9.10. The lowest BCUT2D eigenvalue weighted by Gasteiger charge is -2.07. The van der Waals surface area contributed by atoms with Gasteiger partial charge in [-0.15, -0.1) is 0 Å². The number of nitro groups is 1. The van der Waals surface area contributed by atoms with Crippen LogP contribution in [0.15, 0.2) is 34.9 Å². The van der Waals surface area contributed by atoms with Crippen molar-refractivity contribution >= 4 is 27.6 Å². The van der Waals surface area contributed by atoms with Gasteiger partial charge in [-0.05, 0) is 22.0 Å². The molecule has 0 bridgehead atoms. The van der Waals surface area contributed by atoms with Crippen LogP contribution in [-0.4, -0.2) is 14.9 Å². The summed E-state index contributed by atoms with van der Waals surface area (Å²) in [7, 11) is 0. The number of hydrogen-bond donors (Lipinski definition) is 2. The van der Waals surface area contributed by atoms with Gasteiger partial charge in [0, 0.05) is 6.07 Å². The molecule has 1 aromatic carbocycles. The van der Waals surface area contributed by atoms with Crippen molar-refractivity contribution in [3.63, 3.8) is 0 Å². The summed E-state index contributed by atoms with van der Waals surface area (Å²) in [5.41, 5.74) is 2.21. The van der Waals surface area contributed by atoms with Gasteiger partial charge in [0.2, 0.25) is 11.8 Å². The van der Waals surface area contributed by atoms with Crippen molar-refractivity contribution in [2.24, 2.45) is 5.84 Å². The predicted molar refractivity (Wildman–Crippen MR) is 70.7 cm³/mol. The van der Waals surface area contributed by atoms with Crippen LogP contribution >= 0.6 is 15.9 Å². The maximum absolute atomic E-state index is 10.7. The van der Waals surface area contributed by atoms with Crippen LogP contribution in [-0.2, 0) is 0 Å². The summed E-state index contributed by atoms with van der Waals surface area (Å²) in [5, 5.41) is 10.7. The summed E-state index contributed by atoms with van der Waals surface area (Å²) in [6, 6.07) is 5.76. The number of nitrogens with zero attached hydrogens (tertiary/aromatic N) is 3. The lowest BCUT2D eigenvalue weighted by molar-refractivity contribution is -0.384. The number of nitro benzene ring substituents is 1. The van der Waals surface area contributed by atoms with Crippen LogP contribution in [0.3, 0.4) is 0 Å². The van der Waals surface area contributed by atoms with E-state index in [2.05, 4.69) is 31.3 Å². The number of aromatic nitrogens is 2. The molecule has 0 aliphatic heterocycles. The summed E-state index contributed by atoms with van der Waals surface area (Å²) in [6.45, 7) is 0. The summed E-state index contributed by atoms with van der Waals surface area (Å²) in [4.78, 5) is 18.0. The normalized spacial score (nSPS) is 10.0. The molecule has 1 aromatic heterocycles. The molecule has 0 amide bonds. The Labute approximate surface area is 115 Å². The molecule has 0 unspecified atom stereocenters. The first kappa shape index (κ1) is 13.2. The van der Waals surface area contributed by atoms with Crippen molar-refractivity contribution < 1.29 is 9.66 Å². The maximum Gasteiger partial charge on any atom is 0.273 e. The summed E-state index contributed by atoms with van der Waals surface area (Å²) >= 11 is 3.21. The number of non-ortho nitro benzene ring substituents is 1. The van der Waals surface area contributed by atoms with Crippen molar-refractivity contribution in [2.75, 3.05) is 5.43 Å². The van der Waals surface area contributed by atoms with E-state index in [4.69, 9.17) is 10.6 Å². The number of ether oxygens (including phenoxy) is 1. The van der Waals surface area contributed by atoms with E-state index >= 15 is 0 Å². The molecule has 0 spiro atoms. The minimum absolute atomic E-state index is 0.0696. The molecule has 0 atom stereocenters. The Hall–Kier alpha value is -2.26. The number of nitrogens with two attached hydrogens (primary N) is 1. The highest BCUT2D eigenvalue weighted by atomic mass is 79.9. The number of benzene rings is 1. The number of rotatable bonds is 4. The molecule has 0 saturated heterocycles. The molecule has 19 heavy (non-hydrogen) atoms. The molecule has 2 rings (SSSR count). The fraction of sp³-hybridized carbons (Fsp3) is 0. The van der Waals surface area contributed by atoms with E-state index in [1.54, 1.807) is 6.07 Å². The van der Waals surface area contributed by atoms with Gasteiger partial charge >= 0.3 is 0 Å². The Balaban J connectivity index is 2.30. The van der Waals surface area contributed by atoms with E-state index in [1.807, 2.05) is 0 Å². The molecule has 2 aromatic rings. The quantitative estimate of drug-likeness (QED) is 0.502. The van der Waals surface area contributed by atoms with Gasteiger partial charge in [-0.3, -0.25) is 15.5 Å². The third kappa shape index (κ3) is 3.14. The minimum Gasteiger partial charge on any atom is -0.437 e. The van der Waals surface area contributed by atoms with Gasteiger partial charge in [-0.1, -0.05) is 6.07 Å². The molecule has 0 radical (unpaired) electrons. The third-order valence-corrected chi connectivity index (χ3v) is 2.63. The Bertz CT molecular complexity index is 622. The van der Waals surface area contributed by atoms with E-state index in [1.165, 1.54) is 24.4 Å². The highest BCUT2D eigenvalue weighted by Gasteiger charge is 2.10. The van der Waals surface area contributed by atoms with Gasteiger partial charge in [0.15, 0.2) is 0 Å². The van der Waals surface area contributed by atoms with Gasteiger partial charge < -0.3 is 4.74 Å². The summed E-state index contributed by atoms with van der Waals surface area (Å²) < 4.78 is 5.94. The average molecular weight is 326 g/mol. The van der Waals surface area contributed by atoms with Gasteiger partial charge in [0.1, 0.15) is 5.75 Å². The van der Waals surface area contributed by atoms with E-state index in [-0.39, 0.29) is 23.3 Å². The smallest absolute Gasteiger partial charge is 0.273 e. The first-order valence-corrected chi connectivity index (χ1v) is 5.81. The zero-order chi connectivity index (χ0) is 13.8. The minimum atomic E-state index is -0.505. The zero-order valence-electron chi connectivity index (χ0n) is 9.41. The molecular weight excluding hydrogens is 318 g/mol. The standard InChI is InChI=1S/C10H8BrN5O3/c11-8-5-13-10(15-12)14-9(8)19-7-3-1-2-6(4-7)16(17)18/h1-5H,12H2,(H,13,14,15). The topological polar surface area (TPSA) is 116 Å². The van der Waals surface area contributed by atoms with Crippen LogP contribution in [0.4, 0.5) is 11.6 Å². The highest BCUT2D eigenvalue weighted by Crippen LogP contribution is 2.29. The first-order chi connectivity index (χ1) is 9.10. The van der Waals surface area contributed by atoms with E-state index in [9.17, 15) is 10.1 Å². The van der Waals surface area contributed by atoms with E-state index < -0.39 is 4.92 Å². The lowest BCUT2D eigenvalue weighted by atomic mass is 10.3. The molecule has 8 nitrogen and oxygen atoms in total.